The summed E-state index contributed by atoms with van der Waals surface area (Å²) in [5.74, 6) is -0.385. The number of hydrogen-bond acceptors (Lipinski definition) is 2. The van der Waals surface area contributed by atoms with E-state index in [0.29, 0.717) is 0 Å². The van der Waals surface area contributed by atoms with Crippen LogP contribution in [0.25, 0.3) is 0 Å². The molecule has 13 heavy (non-hydrogen) atoms. The van der Waals surface area contributed by atoms with Gasteiger partial charge in [-0.15, -0.1) is 6.58 Å². The zero-order chi connectivity index (χ0) is 9.95. The van der Waals surface area contributed by atoms with Crippen molar-refractivity contribution in [3.05, 3.63) is 12.7 Å². The molecule has 1 aliphatic heterocycles. The van der Waals surface area contributed by atoms with E-state index in [0.717, 1.165) is 26.1 Å². The maximum absolute atomic E-state index is 5.71. The van der Waals surface area contributed by atoms with Gasteiger partial charge < -0.3 is 9.47 Å². The second-order valence-corrected chi connectivity index (χ2v) is 4.70. The number of allylic oxidation sites excluding steroid dienone is 1. The third-order valence-electron chi connectivity index (χ3n) is 2.34. The van der Waals surface area contributed by atoms with Crippen molar-refractivity contribution in [1.82, 2.24) is 0 Å². The van der Waals surface area contributed by atoms with Gasteiger partial charge in [0.1, 0.15) is 0 Å². The molecule has 1 aliphatic rings. The molecule has 76 valence electrons. The Morgan fingerprint density at radius 2 is 1.77 bits per heavy atom. The molecule has 0 saturated carbocycles. The maximum atomic E-state index is 5.71. The van der Waals surface area contributed by atoms with Gasteiger partial charge in [0.05, 0.1) is 13.2 Å². The van der Waals surface area contributed by atoms with Crippen molar-refractivity contribution in [2.45, 2.75) is 39.4 Å². The molecule has 0 aromatic rings. The monoisotopic (exact) mass is 184 g/mol. The van der Waals surface area contributed by atoms with Gasteiger partial charge in [-0.1, -0.05) is 19.9 Å². The smallest absolute Gasteiger partial charge is 0.165 e. The Morgan fingerprint density at radius 1 is 1.23 bits per heavy atom. The highest BCUT2D eigenvalue weighted by atomic mass is 16.7. The van der Waals surface area contributed by atoms with Gasteiger partial charge in [0.25, 0.3) is 0 Å². The molecule has 2 nitrogen and oxygen atoms in total. The highest BCUT2D eigenvalue weighted by molar-refractivity contribution is 4.79. The van der Waals surface area contributed by atoms with Gasteiger partial charge >= 0.3 is 0 Å². The van der Waals surface area contributed by atoms with Gasteiger partial charge in [0.15, 0.2) is 5.79 Å². The molecule has 0 radical (unpaired) electrons. The predicted octanol–water partition coefficient (Wildman–Crippen LogP) is 2.74. The Bertz CT molecular complexity index is 175. The van der Waals surface area contributed by atoms with E-state index < -0.39 is 0 Å². The van der Waals surface area contributed by atoms with E-state index in [-0.39, 0.29) is 11.2 Å². The van der Waals surface area contributed by atoms with E-state index in [2.05, 4.69) is 20.4 Å². The van der Waals surface area contributed by atoms with Gasteiger partial charge in [-0.25, -0.2) is 0 Å². The number of ether oxygens (including phenoxy) is 2. The fraction of sp³-hybridized carbons (Fsp3) is 0.818. The molecular formula is C11H20O2. The van der Waals surface area contributed by atoms with Crippen LogP contribution in [0.15, 0.2) is 12.7 Å². The largest absolute Gasteiger partial charge is 0.350 e. The minimum absolute atomic E-state index is 0.160. The van der Waals surface area contributed by atoms with Crippen molar-refractivity contribution in [3.63, 3.8) is 0 Å². The van der Waals surface area contributed by atoms with Gasteiger partial charge in [-0.05, 0) is 13.3 Å². The Hall–Kier alpha value is -0.340. The van der Waals surface area contributed by atoms with Crippen molar-refractivity contribution in [3.8, 4) is 0 Å². The van der Waals surface area contributed by atoms with E-state index in [1.807, 2.05) is 13.0 Å². The molecule has 1 fully saturated rings. The molecule has 0 amide bonds. The predicted molar refractivity (Wildman–Crippen MR) is 53.5 cm³/mol. The first-order chi connectivity index (χ1) is 5.97. The van der Waals surface area contributed by atoms with Crippen LogP contribution in [-0.2, 0) is 9.47 Å². The lowest BCUT2D eigenvalue weighted by molar-refractivity contribution is -0.291. The molecule has 1 saturated heterocycles. The Labute approximate surface area is 80.9 Å². The molecule has 1 heterocycles. The van der Waals surface area contributed by atoms with Crippen molar-refractivity contribution < 1.29 is 9.47 Å². The minimum atomic E-state index is -0.385. The third kappa shape index (κ3) is 3.12. The molecule has 0 spiro atoms. The first-order valence-corrected chi connectivity index (χ1v) is 4.86. The summed E-state index contributed by atoms with van der Waals surface area (Å²) in [5, 5.41) is 0. The standard InChI is InChI=1S/C11H20O2/c1-5-6-7-11(4)12-8-10(2,3)9-13-11/h5H,1,6-9H2,2-4H3. The highest BCUT2D eigenvalue weighted by Crippen LogP contribution is 2.31. The van der Waals surface area contributed by atoms with Gasteiger partial charge in [0.2, 0.25) is 0 Å². The Balaban J connectivity index is 2.41. The molecule has 0 unspecified atom stereocenters. The van der Waals surface area contributed by atoms with Crippen LogP contribution < -0.4 is 0 Å². The second-order valence-electron chi connectivity index (χ2n) is 4.70. The summed E-state index contributed by atoms with van der Waals surface area (Å²) in [6.45, 7) is 11.6. The number of rotatable bonds is 3. The van der Waals surface area contributed by atoms with E-state index >= 15 is 0 Å². The van der Waals surface area contributed by atoms with Crippen molar-refractivity contribution in [2.75, 3.05) is 13.2 Å². The maximum Gasteiger partial charge on any atom is 0.165 e. The fourth-order valence-corrected chi connectivity index (χ4v) is 1.29. The lowest BCUT2D eigenvalue weighted by atomic mass is 9.94. The zero-order valence-electron chi connectivity index (χ0n) is 8.93. The van der Waals surface area contributed by atoms with Crippen LogP contribution in [0.5, 0.6) is 0 Å². The van der Waals surface area contributed by atoms with E-state index in [9.17, 15) is 0 Å². The molecule has 0 atom stereocenters. The van der Waals surface area contributed by atoms with Crippen LogP contribution in [0.2, 0.25) is 0 Å². The van der Waals surface area contributed by atoms with Crippen LogP contribution in [0, 0.1) is 5.41 Å². The average Bonchev–Trinajstić information content (AvgIpc) is 2.08. The second kappa shape index (κ2) is 3.81. The number of hydrogen-bond donors (Lipinski definition) is 0. The van der Waals surface area contributed by atoms with Crippen LogP contribution in [0.3, 0.4) is 0 Å². The van der Waals surface area contributed by atoms with E-state index in [1.54, 1.807) is 0 Å². The lowest BCUT2D eigenvalue weighted by Gasteiger charge is -2.41. The van der Waals surface area contributed by atoms with Crippen LogP contribution >= 0.6 is 0 Å². The first kappa shape index (κ1) is 10.7. The molecule has 0 bridgehead atoms. The Kier molecular flexibility index (Phi) is 3.14. The van der Waals surface area contributed by atoms with E-state index in [1.165, 1.54) is 0 Å². The quantitative estimate of drug-likeness (QED) is 0.628. The summed E-state index contributed by atoms with van der Waals surface area (Å²) < 4.78 is 11.4. The van der Waals surface area contributed by atoms with Crippen molar-refractivity contribution in [1.29, 1.82) is 0 Å². The van der Waals surface area contributed by atoms with Crippen LogP contribution in [-0.4, -0.2) is 19.0 Å². The molecule has 0 aliphatic carbocycles. The molecule has 0 aromatic carbocycles. The summed E-state index contributed by atoms with van der Waals surface area (Å²) >= 11 is 0. The minimum Gasteiger partial charge on any atom is -0.350 e. The molecule has 0 N–H and O–H groups in total. The van der Waals surface area contributed by atoms with Crippen molar-refractivity contribution in [2.24, 2.45) is 5.41 Å². The molecule has 1 rings (SSSR count). The summed E-state index contributed by atoms with van der Waals surface area (Å²) in [6.07, 6.45) is 3.74. The normalized spacial score (nSPS) is 25.5. The molecule has 2 heteroatoms. The van der Waals surface area contributed by atoms with Gasteiger partial charge in [-0.3, -0.25) is 0 Å². The van der Waals surface area contributed by atoms with Crippen LogP contribution in [0.1, 0.15) is 33.6 Å². The summed E-state index contributed by atoms with van der Waals surface area (Å²) in [4.78, 5) is 0. The van der Waals surface area contributed by atoms with Gasteiger partial charge in [0, 0.05) is 11.8 Å². The lowest BCUT2D eigenvalue weighted by Crippen LogP contribution is -2.45. The summed E-state index contributed by atoms with van der Waals surface area (Å²) in [5.41, 5.74) is 0.160. The Morgan fingerprint density at radius 3 is 2.23 bits per heavy atom. The zero-order valence-corrected chi connectivity index (χ0v) is 8.93. The van der Waals surface area contributed by atoms with Crippen molar-refractivity contribution >= 4 is 0 Å². The SMILES string of the molecule is C=CCCC1(C)OCC(C)(C)CO1. The van der Waals surface area contributed by atoms with E-state index in [4.69, 9.17) is 9.47 Å². The molecular weight excluding hydrogens is 164 g/mol. The summed E-state index contributed by atoms with van der Waals surface area (Å²) in [7, 11) is 0. The fourth-order valence-electron chi connectivity index (χ4n) is 1.29. The third-order valence-corrected chi connectivity index (χ3v) is 2.34. The summed E-state index contributed by atoms with van der Waals surface area (Å²) in [6, 6.07) is 0. The highest BCUT2D eigenvalue weighted by Gasteiger charge is 2.35. The first-order valence-electron chi connectivity index (χ1n) is 4.86. The average molecular weight is 184 g/mol. The van der Waals surface area contributed by atoms with Crippen LogP contribution in [0.4, 0.5) is 0 Å². The molecule has 0 aromatic heterocycles. The topological polar surface area (TPSA) is 18.5 Å². The van der Waals surface area contributed by atoms with Gasteiger partial charge in [-0.2, -0.15) is 0 Å².